The molecule has 0 fully saturated rings. The number of methoxy groups -OCH3 is 1. The van der Waals surface area contributed by atoms with Gasteiger partial charge in [-0.25, -0.2) is 0 Å². The molecule has 106 valence electrons. The third-order valence-electron chi connectivity index (χ3n) is 3.48. The van der Waals surface area contributed by atoms with Gasteiger partial charge in [-0.05, 0) is 57.5 Å². The highest BCUT2D eigenvalue weighted by Gasteiger charge is 2.21. The van der Waals surface area contributed by atoms with E-state index in [1.807, 2.05) is 27.8 Å². The largest absolute Gasteiger partial charge is 0.496 e. The molecule has 1 rings (SSSR count). The molecule has 0 bridgehead atoms. The van der Waals surface area contributed by atoms with E-state index in [2.05, 4.69) is 21.2 Å². The molecule has 4 heteroatoms. The molecule has 1 aromatic carbocycles. The fraction of sp³-hybridized carbons (Fsp3) is 0.533. The summed E-state index contributed by atoms with van der Waals surface area (Å²) in [4.78, 5) is 12.4. The average Bonchev–Trinajstić information content (AvgIpc) is 2.40. The topological polar surface area (TPSA) is 38.3 Å². The fourth-order valence-corrected chi connectivity index (χ4v) is 2.72. The Hall–Kier alpha value is -0.870. The Morgan fingerprint density at radius 2 is 1.84 bits per heavy atom. The lowest BCUT2D eigenvalue weighted by Gasteiger charge is -2.18. The quantitative estimate of drug-likeness (QED) is 0.641. The van der Waals surface area contributed by atoms with E-state index in [9.17, 15) is 4.79 Å². The van der Waals surface area contributed by atoms with Gasteiger partial charge in [0.05, 0.1) is 12.7 Å². The zero-order chi connectivity index (χ0) is 14.6. The number of hydrogen-bond donors (Lipinski definition) is 1. The lowest BCUT2D eigenvalue weighted by Crippen LogP contribution is -2.12. The monoisotopic (exact) mass is 327 g/mol. The van der Waals surface area contributed by atoms with Crippen molar-refractivity contribution in [2.24, 2.45) is 0 Å². The Morgan fingerprint density at radius 3 is 2.37 bits per heavy atom. The number of rotatable bonds is 6. The minimum atomic E-state index is 0.147. The zero-order valence-corrected chi connectivity index (χ0v) is 13.9. The number of nitrogens with one attached hydrogen (secondary N) is 1. The Labute approximate surface area is 123 Å². The van der Waals surface area contributed by atoms with Crippen LogP contribution in [0.1, 0.15) is 39.9 Å². The minimum absolute atomic E-state index is 0.147. The number of ketones is 1. The first-order valence-electron chi connectivity index (χ1n) is 6.46. The fourth-order valence-electron chi connectivity index (χ4n) is 2.23. The van der Waals surface area contributed by atoms with E-state index in [1.165, 1.54) is 0 Å². The number of hydrogen-bond acceptors (Lipinski definition) is 3. The third-order valence-corrected chi connectivity index (χ3v) is 4.67. The predicted octanol–water partition coefficient (Wildman–Crippen LogP) is 3.57. The van der Waals surface area contributed by atoms with Crippen LogP contribution >= 0.6 is 15.9 Å². The molecule has 0 saturated heterocycles. The Balaban J connectivity index is 3.22. The van der Waals surface area contributed by atoms with E-state index in [0.29, 0.717) is 17.7 Å². The number of benzene rings is 1. The average molecular weight is 328 g/mol. The molecule has 0 aliphatic rings. The highest BCUT2D eigenvalue weighted by atomic mass is 79.9. The molecule has 0 unspecified atom stereocenters. The molecule has 1 aromatic rings. The van der Waals surface area contributed by atoms with Crippen molar-refractivity contribution in [3.8, 4) is 5.75 Å². The summed E-state index contributed by atoms with van der Waals surface area (Å²) in [5, 5.41) is 3.06. The van der Waals surface area contributed by atoms with Crippen molar-refractivity contribution in [2.75, 3.05) is 20.7 Å². The van der Waals surface area contributed by atoms with Crippen molar-refractivity contribution in [3.05, 3.63) is 26.7 Å². The van der Waals surface area contributed by atoms with Crippen LogP contribution in [-0.2, 0) is 0 Å². The molecule has 0 aliphatic heterocycles. The number of Topliss-reactive ketones (excluding diaryl/α,β-unsaturated/α-hetero) is 1. The van der Waals surface area contributed by atoms with Crippen molar-refractivity contribution >= 4 is 21.7 Å². The van der Waals surface area contributed by atoms with Crippen LogP contribution in [0.3, 0.4) is 0 Å². The molecule has 0 atom stereocenters. The lowest BCUT2D eigenvalue weighted by molar-refractivity contribution is 0.0976. The second-order valence-electron chi connectivity index (χ2n) is 4.73. The van der Waals surface area contributed by atoms with Crippen LogP contribution in [0, 0.1) is 20.8 Å². The van der Waals surface area contributed by atoms with Gasteiger partial charge in [-0.3, -0.25) is 4.79 Å². The Bertz CT molecular complexity index is 484. The van der Waals surface area contributed by atoms with Gasteiger partial charge in [0.1, 0.15) is 5.75 Å². The van der Waals surface area contributed by atoms with Gasteiger partial charge in [0.25, 0.3) is 0 Å². The van der Waals surface area contributed by atoms with Gasteiger partial charge in [0.15, 0.2) is 5.78 Å². The molecule has 0 spiro atoms. The summed E-state index contributed by atoms with van der Waals surface area (Å²) in [6.07, 6.45) is 1.37. The van der Waals surface area contributed by atoms with Crippen LogP contribution in [0.15, 0.2) is 4.47 Å². The summed E-state index contributed by atoms with van der Waals surface area (Å²) in [7, 11) is 3.52. The molecule has 0 amide bonds. The second kappa shape index (κ2) is 7.06. The van der Waals surface area contributed by atoms with Gasteiger partial charge in [0.2, 0.25) is 0 Å². The summed E-state index contributed by atoms with van der Waals surface area (Å²) in [5.41, 5.74) is 3.83. The van der Waals surface area contributed by atoms with Gasteiger partial charge in [0, 0.05) is 10.9 Å². The number of ether oxygens (including phenoxy) is 1. The van der Waals surface area contributed by atoms with Crippen LogP contribution in [0.5, 0.6) is 5.75 Å². The van der Waals surface area contributed by atoms with E-state index in [-0.39, 0.29) is 5.78 Å². The zero-order valence-electron chi connectivity index (χ0n) is 12.3. The SMILES string of the molecule is CNCCCC(=O)c1c(C)c(Br)c(C)c(C)c1OC. The van der Waals surface area contributed by atoms with Crippen LogP contribution in [0.2, 0.25) is 0 Å². The van der Waals surface area contributed by atoms with Crippen LogP contribution in [-0.4, -0.2) is 26.5 Å². The second-order valence-corrected chi connectivity index (χ2v) is 5.52. The molecule has 19 heavy (non-hydrogen) atoms. The van der Waals surface area contributed by atoms with Crippen molar-refractivity contribution in [1.82, 2.24) is 5.32 Å². The van der Waals surface area contributed by atoms with Crippen molar-refractivity contribution in [2.45, 2.75) is 33.6 Å². The predicted molar refractivity (Wildman–Crippen MR) is 82.4 cm³/mol. The van der Waals surface area contributed by atoms with E-state index in [4.69, 9.17) is 4.74 Å². The third kappa shape index (κ3) is 3.37. The molecule has 0 saturated carbocycles. The highest BCUT2D eigenvalue weighted by Crippen LogP contribution is 2.36. The van der Waals surface area contributed by atoms with E-state index in [0.717, 1.165) is 34.1 Å². The van der Waals surface area contributed by atoms with E-state index < -0.39 is 0 Å². The summed E-state index contributed by atoms with van der Waals surface area (Å²) >= 11 is 3.57. The van der Waals surface area contributed by atoms with E-state index in [1.54, 1.807) is 7.11 Å². The highest BCUT2D eigenvalue weighted by molar-refractivity contribution is 9.10. The summed E-state index contributed by atoms with van der Waals surface area (Å²) < 4.78 is 6.47. The van der Waals surface area contributed by atoms with Crippen molar-refractivity contribution < 1.29 is 9.53 Å². The maximum atomic E-state index is 12.4. The van der Waals surface area contributed by atoms with Gasteiger partial charge < -0.3 is 10.1 Å². The Kier molecular flexibility index (Phi) is 6.01. The standard InChI is InChI=1S/C15H22BrNO2/c1-9-10(2)15(19-5)13(11(3)14(9)16)12(18)7-6-8-17-4/h17H,6-8H2,1-5H3. The summed E-state index contributed by atoms with van der Waals surface area (Å²) in [5.74, 6) is 0.862. The van der Waals surface area contributed by atoms with Gasteiger partial charge in [-0.2, -0.15) is 0 Å². The molecule has 0 heterocycles. The summed E-state index contributed by atoms with van der Waals surface area (Å²) in [6.45, 7) is 6.83. The van der Waals surface area contributed by atoms with Gasteiger partial charge >= 0.3 is 0 Å². The number of carbonyl (C=O) groups is 1. The van der Waals surface area contributed by atoms with E-state index >= 15 is 0 Å². The van der Waals surface area contributed by atoms with Gasteiger partial charge in [-0.1, -0.05) is 15.9 Å². The smallest absolute Gasteiger partial charge is 0.166 e. The maximum Gasteiger partial charge on any atom is 0.166 e. The molecule has 0 aromatic heterocycles. The molecular weight excluding hydrogens is 306 g/mol. The number of halogens is 1. The maximum absolute atomic E-state index is 12.4. The molecule has 0 aliphatic carbocycles. The number of carbonyl (C=O) groups excluding carboxylic acids is 1. The van der Waals surface area contributed by atoms with Crippen LogP contribution in [0.4, 0.5) is 0 Å². The van der Waals surface area contributed by atoms with Crippen LogP contribution in [0.25, 0.3) is 0 Å². The molecule has 1 N–H and O–H groups in total. The molecular formula is C15H22BrNO2. The Morgan fingerprint density at radius 1 is 1.21 bits per heavy atom. The first-order valence-corrected chi connectivity index (χ1v) is 7.26. The first-order chi connectivity index (χ1) is 8.95. The van der Waals surface area contributed by atoms with Crippen LogP contribution < -0.4 is 10.1 Å². The molecule has 3 nitrogen and oxygen atoms in total. The molecule has 0 radical (unpaired) electrons. The normalized spacial score (nSPS) is 10.6. The first kappa shape index (κ1) is 16.2. The van der Waals surface area contributed by atoms with Crippen molar-refractivity contribution in [1.29, 1.82) is 0 Å². The minimum Gasteiger partial charge on any atom is -0.496 e. The summed E-state index contributed by atoms with van der Waals surface area (Å²) in [6, 6.07) is 0. The van der Waals surface area contributed by atoms with Crippen molar-refractivity contribution in [3.63, 3.8) is 0 Å². The van der Waals surface area contributed by atoms with Gasteiger partial charge in [-0.15, -0.1) is 0 Å². The lowest BCUT2D eigenvalue weighted by atomic mass is 9.94.